The maximum atomic E-state index is 6.24. The van der Waals surface area contributed by atoms with E-state index in [1.54, 1.807) is 6.20 Å². The van der Waals surface area contributed by atoms with Crippen LogP contribution in [0.3, 0.4) is 0 Å². The van der Waals surface area contributed by atoms with Gasteiger partial charge in [0.2, 0.25) is 0 Å². The average Bonchev–Trinajstić information content (AvgIpc) is 3.22. The van der Waals surface area contributed by atoms with Gasteiger partial charge in [0.25, 0.3) is 0 Å². The summed E-state index contributed by atoms with van der Waals surface area (Å²) in [6.07, 6.45) is 1.79. The molecule has 30 heavy (non-hydrogen) atoms. The quantitative estimate of drug-likeness (QED) is 0.482. The Labute approximate surface area is 176 Å². The van der Waals surface area contributed by atoms with Gasteiger partial charge in [-0.3, -0.25) is 9.55 Å². The fourth-order valence-electron chi connectivity index (χ4n) is 3.73. The van der Waals surface area contributed by atoms with Gasteiger partial charge in [0, 0.05) is 11.9 Å². The summed E-state index contributed by atoms with van der Waals surface area (Å²) in [5, 5.41) is 0. The van der Waals surface area contributed by atoms with E-state index >= 15 is 0 Å². The number of fused-ring (bicyclic) bond motifs is 1. The molecule has 0 radical (unpaired) electrons. The molecule has 3 heterocycles. The molecule has 5 rings (SSSR count). The Morgan fingerprint density at radius 2 is 1.53 bits per heavy atom. The molecule has 0 saturated carbocycles. The van der Waals surface area contributed by atoms with Crippen molar-refractivity contribution in [3.8, 4) is 17.2 Å². The molecule has 0 N–H and O–H groups in total. The lowest BCUT2D eigenvalue weighted by Crippen LogP contribution is -2.41. The highest BCUT2D eigenvalue weighted by Crippen LogP contribution is 2.37. The van der Waals surface area contributed by atoms with Crippen molar-refractivity contribution in [3.05, 3.63) is 72.9 Å². The molecule has 0 aliphatic carbocycles. The van der Waals surface area contributed by atoms with Crippen molar-refractivity contribution in [3.63, 3.8) is 0 Å². The van der Waals surface area contributed by atoms with E-state index in [0.717, 1.165) is 33.7 Å². The average molecular weight is 397 g/mol. The summed E-state index contributed by atoms with van der Waals surface area (Å²) in [6.45, 7) is 8.26. The lowest BCUT2D eigenvalue weighted by molar-refractivity contribution is 0.00578. The molecule has 4 aromatic rings. The Morgan fingerprint density at radius 1 is 0.833 bits per heavy atom. The summed E-state index contributed by atoms with van der Waals surface area (Å²) >= 11 is 0. The van der Waals surface area contributed by atoms with Crippen LogP contribution in [0.5, 0.6) is 0 Å². The molecule has 0 bridgehead atoms. The van der Waals surface area contributed by atoms with E-state index in [9.17, 15) is 0 Å². The van der Waals surface area contributed by atoms with Gasteiger partial charge in [-0.2, -0.15) is 0 Å². The third kappa shape index (κ3) is 3.04. The van der Waals surface area contributed by atoms with Crippen molar-refractivity contribution >= 4 is 23.6 Å². The molecule has 0 amide bonds. The number of nitrogens with zero attached hydrogens (tertiary/aromatic N) is 3. The molecular formula is C24H24BN3O2. The smallest absolute Gasteiger partial charge is 0.399 e. The van der Waals surface area contributed by atoms with Crippen LogP contribution < -0.4 is 5.46 Å². The van der Waals surface area contributed by atoms with Crippen molar-refractivity contribution in [1.82, 2.24) is 14.5 Å². The third-order valence-corrected chi connectivity index (χ3v) is 6.11. The maximum absolute atomic E-state index is 6.24. The molecule has 0 atom stereocenters. The van der Waals surface area contributed by atoms with Crippen LogP contribution in [-0.2, 0) is 9.31 Å². The van der Waals surface area contributed by atoms with Gasteiger partial charge in [0.05, 0.1) is 22.2 Å². The van der Waals surface area contributed by atoms with E-state index in [-0.39, 0.29) is 11.2 Å². The molecule has 1 aliphatic heterocycles. The fraction of sp³-hybridized carbons (Fsp3) is 0.250. The summed E-state index contributed by atoms with van der Waals surface area (Å²) in [5.74, 6) is 0.808. The number of aromatic nitrogens is 3. The summed E-state index contributed by atoms with van der Waals surface area (Å²) < 4.78 is 14.6. The second-order valence-corrected chi connectivity index (χ2v) is 8.66. The summed E-state index contributed by atoms with van der Waals surface area (Å²) in [4.78, 5) is 9.49. The molecule has 6 heteroatoms. The molecule has 1 aliphatic rings. The molecule has 0 spiro atoms. The van der Waals surface area contributed by atoms with Crippen LogP contribution in [0.1, 0.15) is 27.7 Å². The zero-order valence-electron chi connectivity index (χ0n) is 17.7. The van der Waals surface area contributed by atoms with Gasteiger partial charge in [0.15, 0.2) is 5.82 Å². The fourth-order valence-corrected chi connectivity index (χ4v) is 3.73. The zero-order valence-corrected chi connectivity index (χ0v) is 17.7. The minimum atomic E-state index is -0.417. The summed E-state index contributed by atoms with van der Waals surface area (Å²) in [6, 6.07) is 22.3. The van der Waals surface area contributed by atoms with Crippen molar-refractivity contribution in [2.75, 3.05) is 0 Å². The molecule has 1 saturated heterocycles. The lowest BCUT2D eigenvalue weighted by atomic mass is 9.79. The number of imidazole rings is 1. The molecule has 2 aromatic carbocycles. The molecule has 5 nitrogen and oxygen atoms in total. The van der Waals surface area contributed by atoms with Crippen LogP contribution in [0.15, 0.2) is 72.9 Å². The van der Waals surface area contributed by atoms with E-state index in [1.165, 1.54) is 0 Å². The Hall–Kier alpha value is -2.96. The third-order valence-electron chi connectivity index (χ3n) is 6.11. The highest BCUT2D eigenvalue weighted by atomic mass is 16.7. The molecule has 0 unspecified atom stereocenters. The first-order chi connectivity index (χ1) is 14.4. The van der Waals surface area contributed by atoms with Crippen LogP contribution in [0.4, 0.5) is 0 Å². The van der Waals surface area contributed by atoms with Gasteiger partial charge in [-0.1, -0.05) is 30.3 Å². The highest BCUT2D eigenvalue weighted by molar-refractivity contribution is 6.62. The van der Waals surface area contributed by atoms with Gasteiger partial charge in [-0.15, -0.1) is 0 Å². The summed E-state index contributed by atoms with van der Waals surface area (Å²) in [7, 11) is -0.417. The van der Waals surface area contributed by atoms with Gasteiger partial charge < -0.3 is 9.31 Å². The van der Waals surface area contributed by atoms with Crippen LogP contribution in [0.2, 0.25) is 0 Å². The molecule has 2 aromatic heterocycles. The summed E-state index contributed by atoms with van der Waals surface area (Å²) in [5.41, 5.74) is 3.98. The highest BCUT2D eigenvalue weighted by Gasteiger charge is 2.51. The van der Waals surface area contributed by atoms with Crippen LogP contribution in [-0.4, -0.2) is 32.9 Å². The molecule has 1 fully saturated rings. The number of rotatable bonds is 3. The Kier molecular flexibility index (Phi) is 4.31. The van der Waals surface area contributed by atoms with E-state index < -0.39 is 7.12 Å². The van der Waals surface area contributed by atoms with E-state index in [4.69, 9.17) is 14.3 Å². The Morgan fingerprint density at radius 3 is 2.20 bits per heavy atom. The van der Waals surface area contributed by atoms with Gasteiger partial charge in [-0.25, -0.2) is 4.98 Å². The minimum Gasteiger partial charge on any atom is -0.399 e. The topological polar surface area (TPSA) is 49.2 Å². The number of hydrogen-bond donors (Lipinski definition) is 0. The van der Waals surface area contributed by atoms with Crippen molar-refractivity contribution in [1.29, 1.82) is 0 Å². The van der Waals surface area contributed by atoms with Crippen LogP contribution in [0, 0.1) is 0 Å². The Bertz CT molecular complexity index is 1190. The van der Waals surface area contributed by atoms with Crippen LogP contribution >= 0.6 is 0 Å². The molecule has 150 valence electrons. The lowest BCUT2D eigenvalue weighted by Gasteiger charge is -2.32. The van der Waals surface area contributed by atoms with Crippen molar-refractivity contribution < 1.29 is 9.31 Å². The number of para-hydroxylation sites is 1. The largest absolute Gasteiger partial charge is 0.494 e. The van der Waals surface area contributed by atoms with Gasteiger partial charge >= 0.3 is 7.12 Å². The second kappa shape index (κ2) is 6.79. The van der Waals surface area contributed by atoms with E-state index in [2.05, 4.69) is 67.6 Å². The van der Waals surface area contributed by atoms with Crippen molar-refractivity contribution in [2.45, 2.75) is 38.9 Å². The van der Waals surface area contributed by atoms with E-state index in [1.807, 2.05) is 36.4 Å². The normalized spacial score (nSPS) is 17.5. The van der Waals surface area contributed by atoms with E-state index in [0.29, 0.717) is 0 Å². The maximum Gasteiger partial charge on any atom is 0.494 e. The predicted octanol–water partition coefficient (Wildman–Crippen LogP) is 4.39. The monoisotopic (exact) mass is 397 g/mol. The van der Waals surface area contributed by atoms with Gasteiger partial charge in [-0.05, 0) is 69.6 Å². The Balaban J connectivity index is 1.66. The predicted molar refractivity (Wildman–Crippen MR) is 120 cm³/mol. The van der Waals surface area contributed by atoms with Crippen LogP contribution in [0.25, 0.3) is 28.2 Å². The minimum absolute atomic E-state index is 0.380. The van der Waals surface area contributed by atoms with Crippen molar-refractivity contribution in [2.24, 2.45) is 0 Å². The molecular weight excluding hydrogens is 373 g/mol. The zero-order chi connectivity index (χ0) is 20.9. The first-order valence-electron chi connectivity index (χ1n) is 10.2. The first kappa shape index (κ1) is 19.0. The number of benzene rings is 2. The second-order valence-electron chi connectivity index (χ2n) is 8.66. The number of pyridine rings is 1. The first-order valence-corrected chi connectivity index (χ1v) is 10.2. The number of hydrogen-bond acceptors (Lipinski definition) is 4. The SMILES string of the molecule is CC1(C)OB(c2ccc3c(c2)nc(-c2ccccn2)n3-c2ccccc2)OC1(C)C. The van der Waals surface area contributed by atoms with Gasteiger partial charge in [0.1, 0.15) is 5.69 Å². The standard InChI is InChI=1S/C24H24BN3O2/c1-23(2)24(3,4)30-25(29-23)17-13-14-21-20(16-17)27-22(19-12-8-9-15-26-19)28(21)18-10-6-5-7-11-18/h5-16H,1-4H3.